The van der Waals surface area contributed by atoms with Crippen LogP contribution in [0, 0.1) is 11.3 Å². The summed E-state index contributed by atoms with van der Waals surface area (Å²) in [7, 11) is 0. The summed E-state index contributed by atoms with van der Waals surface area (Å²) in [5.41, 5.74) is 5.82. The number of fused-ring (bicyclic) bond motifs is 3. The fraction of sp³-hybridized carbons (Fsp3) is 0.0952. The number of nitrogens with one attached hydrogen (secondary N) is 1. The maximum absolute atomic E-state index is 9.66. The summed E-state index contributed by atoms with van der Waals surface area (Å²) in [5, 5.41) is 13.8. The van der Waals surface area contributed by atoms with Crippen molar-refractivity contribution in [3.05, 3.63) is 94.5 Å². The maximum Gasteiger partial charge on any atom is 0.122 e. The summed E-state index contributed by atoms with van der Waals surface area (Å²) in [6.45, 7) is 0. The molecule has 0 spiro atoms. The molecule has 1 atom stereocenters. The molecule has 0 radical (unpaired) electrons. The molecule has 0 unspecified atom stereocenters. The summed E-state index contributed by atoms with van der Waals surface area (Å²) in [4.78, 5) is 0. The smallest absolute Gasteiger partial charge is 0.122 e. The Bertz CT molecular complexity index is 880. The van der Waals surface area contributed by atoms with E-state index >= 15 is 0 Å². The molecule has 0 amide bonds. The second kappa shape index (κ2) is 6.13. The molecule has 0 aromatic heterocycles. The molecular formula is C21H15ClN2. The molecule has 3 heteroatoms. The fourth-order valence-electron chi connectivity index (χ4n) is 3.37. The molecule has 1 N–H and O–H groups in total. The average molecular weight is 331 g/mol. The Morgan fingerprint density at radius 3 is 1.92 bits per heavy atom. The van der Waals surface area contributed by atoms with E-state index in [-0.39, 0.29) is 6.04 Å². The van der Waals surface area contributed by atoms with Gasteiger partial charge in [-0.1, -0.05) is 72.3 Å². The van der Waals surface area contributed by atoms with Gasteiger partial charge in [-0.3, -0.25) is 5.32 Å². The SMILES string of the molecule is N#C[C@H](NC1c2ccccc2-c2ccccc21)c1ccc(Cl)cc1. The van der Waals surface area contributed by atoms with Crippen LogP contribution in [-0.4, -0.2) is 0 Å². The third kappa shape index (κ3) is 2.49. The first-order chi connectivity index (χ1) is 11.8. The molecule has 24 heavy (non-hydrogen) atoms. The molecular weight excluding hydrogens is 316 g/mol. The minimum absolute atomic E-state index is 0.0118. The van der Waals surface area contributed by atoms with Gasteiger partial charge in [0.05, 0.1) is 12.1 Å². The Morgan fingerprint density at radius 2 is 1.38 bits per heavy atom. The van der Waals surface area contributed by atoms with Crippen LogP contribution < -0.4 is 5.32 Å². The number of halogens is 1. The predicted molar refractivity (Wildman–Crippen MR) is 96.7 cm³/mol. The quantitative estimate of drug-likeness (QED) is 0.710. The Hall–Kier alpha value is -2.60. The van der Waals surface area contributed by atoms with Gasteiger partial charge in [-0.15, -0.1) is 0 Å². The number of hydrogen-bond donors (Lipinski definition) is 1. The van der Waals surface area contributed by atoms with Crippen LogP contribution in [0.2, 0.25) is 5.02 Å². The van der Waals surface area contributed by atoms with E-state index in [1.165, 1.54) is 22.3 Å². The highest BCUT2D eigenvalue weighted by molar-refractivity contribution is 6.30. The highest BCUT2D eigenvalue weighted by Crippen LogP contribution is 2.43. The van der Waals surface area contributed by atoms with Crippen LogP contribution >= 0.6 is 11.6 Å². The molecule has 0 fully saturated rings. The maximum atomic E-state index is 9.66. The van der Waals surface area contributed by atoms with Gasteiger partial charge in [0.1, 0.15) is 6.04 Å². The summed E-state index contributed by atoms with van der Waals surface area (Å²) in [6.07, 6.45) is 0. The van der Waals surface area contributed by atoms with Gasteiger partial charge in [-0.2, -0.15) is 5.26 Å². The third-order valence-electron chi connectivity index (χ3n) is 4.50. The molecule has 1 aliphatic carbocycles. The zero-order chi connectivity index (χ0) is 16.5. The molecule has 0 saturated heterocycles. The molecule has 0 heterocycles. The zero-order valence-corrected chi connectivity index (χ0v) is 13.7. The van der Waals surface area contributed by atoms with Crippen LogP contribution in [0.15, 0.2) is 72.8 Å². The molecule has 3 aromatic rings. The minimum atomic E-state index is -0.397. The Labute approximate surface area is 146 Å². The first-order valence-electron chi connectivity index (χ1n) is 7.87. The van der Waals surface area contributed by atoms with E-state index in [0.717, 1.165) is 5.56 Å². The van der Waals surface area contributed by atoms with Gasteiger partial charge in [0.2, 0.25) is 0 Å². The van der Waals surface area contributed by atoms with Crippen LogP contribution in [0.3, 0.4) is 0 Å². The lowest BCUT2D eigenvalue weighted by Gasteiger charge is -2.20. The van der Waals surface area contributed by atoms with E-state index in [1.807, 2.05) is 36.4 Å². The Balaban J connectivity index is 1.74. The van der Waals surface area contributed by atoms with Gasteiger partial charge in [-0.05, 0) is 39.9 Å². The summed E-state index contributed by atoms with van der Waals surface area (Å²) < 4.78 is 0. The lowest BCUT2D eigenvalue weighted by molar-refractivity contribution is 0.567. The normalized spacial score (nSPS) is 13.8. The number of nitriles is 1. The van der Waals surface area contributed by atoms with E-state index in [2.05, 4.69) is 47.8 Å². The molecule has 116 valence electrons. The van der Waals surface area contributed by atoms with Gasteiger partial charge >= 0.3 is 0 Å². The largest absolute Gasteiger partial charge is 0.287 e. The van der Waals surface area contributed by atoms with Gasteiger partial charge < -0.3 is 0 Å². The second-order valence-corrected chi connectivity index (χ2v) is 6.32. The molecule has 4 rings (SSSR count). The van der Waals surface area contributed by atoms with Crippen molar-refractivity contribution in [2.45, 2.75) is 12.1 Å². The van der Waals surface area contributed by atoms with Gasteiger partial charge in [-0.25, -0.2) is 0 Å². The van der Waals surface area contributed by atoms with Crippen LogP contribution in [0.25, 0.3) is 11.1 Å². The zero-order valence-electron chi connectivity index (χ0n) is 12.9. The number of benzene rings is 3. The first-order valence-corrected chi connectivity index (χ1v) is 8.25. The second-order valence-electron chi connectivity index (χ2n) is 5.89. The van der Waals surface area contributed by atoms with Crippen molar-refractivity contribution >= 4 is 11.6 Å². The van der Waals surface area contributed by atoms with Crippen molar-refractivity contribution in [1.82, 2.24) is 5.32 Å². The summed E-state index contributed by atoms with van der Waals surface area (Å²) >= 11 is 5.96. The fourth-order valence-corrected chi connectivity index (χ4v) is 3.49. The van der Waals surface area contributed by atoms with E-state index in [1.54, 1.807) is 0 Å². The Morgan fingerprint density at radius 1 is 0.833 bits per heavy atom. The van der Waals surface area contributed by atoms with Crippen molar-refractivity contribution in [2.75, 3.05) is 0 Å². The molecule has 0 bridgehead atoms. The lowest BCUT2D eigenvalue weighted by atomic mass is 10.0. The van der Waals surface area contributed by atoms with Crippen molar-refractivity contribution < 1.29 is 0 Å². The molecule has 2 nitrogen and oxygen atoms in total. The van der Waals surface area contributed by atoms with Crippen LogP contribution in [0.1, 0.15) is 28.8 Å². The van der Waals surface area contributed by atoms with Crippen molar-refractivity contribution in [2.24, 2.45) is 0 Å². The Kier molecular flexibility index (Phi) is 3.82. The average Bonchev–Trinajstić information content (AvgIpc) is 2.95. The number of hydrogen-bond acceptors (Lipinski definition) is 2. The minimum Gasteiger partial charge on any atom is -0.287 e. The van der Waals surface area contributed by atoms with E-state index in [4.69, 9.17) is 11.6 Å². The van der Waals surface area contributed by atoms with Crippen molar-refractivity contribution in [1.29, 1.82) is 5.26 Å². The van der Waals surface area contributed by atoms with Crippen molar-refractivity contribution in [3.8, 4) is 17.2 Å². The highest BCUT2D eigenvalue weighted by atomic mass is 35.5. The van der Waals surface area contributed by atoms with Crippen LogP contribution in [0.5, 0.6) is 0 Å². The van der Waals surface area contributed by atoms with Crippen molar-refractivity contribution in [3.63, 3.8) is 0 Å². The van der Waals surface area contributed by atoms with E-state index in [0.29, 0.717) is 5.02 Å². The molecule has 3 aromatic carbocycles. The van der Waals surface area contributed by atoms with Gasteiger partial charge in [0.15, 0.2) is 0 Å². The van der Waals surface area contributed by atoms with Crippen LogP contribution in [0.4, 0.5) is 0 Å². The van der Waals surface area contributed by atoms with Gasteiger partial charge in [0.25, 0.3) is 0 Å². The van der Waals surface area contributed by atoms with E-state index in [9.17, 15) is 5.26 Å². The number of rotatable bonds is 3. The monoisotopic (exact) mass is 330 g/mol. The molecule has 0 aliphatic heterocycles. The molecule has 1 aliphatic rings. The third-order valence-corrected chi connectivity index (χ3v) is 4.75. The first kappa shape index (κ1) is 15.0. The highest BCUT2D eigenvalue weighted by Gasteiger charge is 2.29. The number of nitrogens with zero attached hydrogens (tertiary/aromatic N) is 1. The van der Waals surface area contributed by atoms with Crippen LogP contribution in [-0.2, 0) is 0 Å². The summed E-state index contributed by atoms with van der Waals surface area (Å²) in [6, 6.07) is 26.2. The topological polar surface area (TPSA) is 35.8 Å². The predicted octanol–water partition coefficient (Wildman–Crippen LogP) is 5.26. The lowest BCUT2D eigenvalue weighted by Crippen LogP contribution is -2.25. The standard InChI is InChI=1S/C21H15ClN2/c22-15-11-9-14(10-12-15)20(13-23)24-21-18-7-3-1-5-16(18)17-6-2-4-8-19(17)21/h1-12,20-21,24H/t20-/m0/s1. The summed E-state index contributed by atoms with van der Waals surface area (Å²) in [5.74, 6) is 0. The van der Waals surface area contributed by atoms with Gasteiger partial charge in [0, 0.05) is 5.02 Å². The van der Waals surface area contributed by atoms with E-state index < -0.39 is 6.04 Å². The molecule has 0 saturated carbocycles.